The molecule has 2 aliphatic heterocycles. The van der Waals surface area contributed by atoms with Crippen molar-refractivity contribution in [3.63, 3.8) is 0 Å². The Morgan fingerprint density at radius 1 is 1.15 bits per heavy atom. The molecule has 0 aromatic carbocycles. The number of carbonyl (C=O) groups is 1. The summed E-state index contributed by atoms with van der Waals surface area (Å²) >= 11 is 0. The van der Waals surface area contributed by atoms with Crippen LogP contribution in [-0.4, -0.2) is 46.6 Å². The number of rotatable bonds is 1. The van der Waals surface area contributed by atoms with E-state index < -0.39 is 21.0 Å². The van der Waals surface area contributed by atoms with Gasteiger partial charge in [0.2, 0.25) is 12.1 Å². The van der Waals surface area contributed by atoms with Crippen molar-refractivity contribution in [3.05, 3.63) is 0 Å². The van der Waals surface area contributed by atoms with Crippen LogP contribution < -0.4 is 0 Å². The molecule has 0 aliphatic carbocycles. The number of hydrogen-bond donors (Lipinski definition) is 0. The Labute approximate surface area is 122 Å². The van der Waals surface area contributed by atoms with Gasteiger partial charge < -0.3 is 18.3 Å². The molecule has 0 unspecified atom stereocenters. The van der Waals surface area contributed by atoms with Crippen LogP contribution in [0.4, 0.5) is 0 Å². The molecule has 0 bridgehead atoms. The lowest BCUT2D eigenvalue weighted by molar-refractivity contribution is -0.152. The maximum absolute atomic E-state index is 12.3. The summed E-state index contributed by atoms with van der Waals surface area (Å²) < 4.78 is 23.2. The van der Waals surface area contributed by atoms with Crippen molar-refractivity contribution in [1.29, 1.82) is 0 Å². The van der Waals surface area contributed by atoms with Crippen LogP contribution in [0.1, 0.15) is 41.5 Å². The molecule has 3 atom stereocenters. The molecule has 0 N–H and O–H groups in total. The second-order valence-corrected chi connectivity index (χ2v) is 12.4. The van der Waals surface area contributed by atoms with Crippen molar-refractivity contribution < 1.29 is 23.1 Å². The third kappa shape index (κ3) is 2.27. The zero-order valence-corrected chi connectivity index (χ0v) is 14.5. The van der Waals surface area contributed by atoms with Crippen LogP contribution in [0.5, 0.6) is 0 Å². The van der Waals surface area contributed by atoms with E-state index in [0.717, 1.165) is 0 Å². The molecule has 2 heterocycles. The van der Waals surface area contributed by atoms with E-state index in [1.165, 1.54) is 7.11 Å². The van der Waals surface area contributed by atoms with Gasteiger partial charge in [0.15, 0.2) is 0 Å². The number of carbonyl (C=O) groups excluding carboxylic acids is 1. The number of ether oxygens (including phenoxy) is 2. The van der Waals surface area contributed by atoms with Gasteiger partial charge in [-0.3, -0.25) is 4.79 Å². The summed E-state index contributed by atoms with van der Waals surface area (Å²) in [6.45, 7) is 13.1. The largest absolute Gasteiger partial charge is 0.391 e. The quantitative estimate of drug-likeness (QED) is 0.696. The van der Waals surface area contributed by atoms with Gasteiger partial charge in [0, 0.05) is 17.2 Å². The van der Waals surface area contributed by atoms with Crippen LogP contribution in [0.2, 0.25) is 10.1 Å². The Morgan fingerprint density at radius 2 is 1.70 bits per heavy atom. The molecule has 0 amide bonds. The van der Waals surface area contributed by atoms with Crippen LogP contribution in [0.15, 0.2) is 0 Å². The van der Waals surface area contributed by atoms with E-state index in [9.17, 15) is 4.79 Å². The summed E-state index contributed by atoms with van der Waals surface area (Å²) in [4.78, 5) is 12.3. The number of Topliss-reactive ketones (excluding diaryl/α,β-unsaturated/α-hetero) is 1. The predicted octanol–water partition coefficient (Wildman–Crippen LogP) is 2.38. The molecule has 2 aliphatic rings. The molecule has 2 rings (SSSR count). The first kappa shape index (κ1) is 16.1. The molecule has 6 heteroatoms. The standard InChI is InChI=1S/C14H26O5Si/c1-13(2,3)20(14(4,5)6)17-8-9-11(19-20)10(15)12(16-7)18-9/h9,11-12H,8H2,1-7H3/t9-,11-,12-/m1/s1. The van der Waals surface area contributed by atoms with Gasteiger partial charge in [-0.2, -0.15) is 0 Å². The van der Waals surface area contributed by atoms with E-state index in [-0.39, 0.29) is 22.0 Å². The summed E-state index contributed by atoms with van der Waals surface area (Å²) in [5.41, 5.74) is 0. The van der Waals surface area contributed by atoms with Crippen LogP contribution in [0.25, 0.3) is 0 Å². The van der Waals surface area contributed by atoms with Gasteiger partial charge in [-0.15, -0.1) is 0 Å². The highest BCUT2D eigenvalue weighted by Gasteiger charge is 2.64. The first-order chi connectivity index (χ1) is 9.03. The Morgan fingerprint density at radius 3 is 2.15 bits per heavy atom. The van der Waals surface area contributed by atoms with Crippen molar-refractivity contribution in [2.75, 3.05) is 13.7 Å². The zero-order chi connectivity index (χ0) is 15.3. The van der Waals surface area contributed by atoms with E-state index in [1.807, 2.05) is 0 Å². The van der Waals surface area contributed by atoms with Crippen LogP contribution in [0, 0.1) is 0 Å². The van der Waals surface area contributed by atoms with Gasteiger partial charge in [0.1, 0.15) is 12.2 Å². The number of ketones is 1. The summed E-state index contributed by atoms with van der Waals surface area (Å²) in [7, 11) is -1.14. The van der Waals surface area contributed by atoms with Crippen molar-refractivity contribution in [1.82, 2.24) is 0 Å². The second kappa shape index (κ2) is 4.88. The lowest BCUT2D eigenvalue weighted by Crippen LogP contribution is -2.65. The molecule has 2 fully saturated rings. The summed E-state index contributed by atoms with van der Waals surface area (Å²) in [5, 5.41) is -0.274. The van der Waals surface area contributed by atoms with Gasteiger partial charge in [-0.25, -0.2) is 0 Å². The highest BCUT2D eigenvalue weighted by Crippen LogP contribution is 2.54. The molecule has 2 saturated heterocycles. The fraction of sp³-hybridized carbons (Fsp3) is 0.929. The molecule has 0 aromatic rings. The van der Waals surface area contributed by atoms with Crippen LogP contribution in [-0.2, 0) is 23.1 Å². The molecule has 0 aromatic heterocycles. The van der Waals surface area contributed by atoms with E-state index >= 15 is 0 Å². The van der Waals surface area contributed by atoms with E-state index in [2.05, 4.69) is 41.5 Å². The van der Waals surface area contributed by atoms with E-state index in [4.69, 9.17) is 18.3 Å². The van der Waals surface area contributed by atoms with Crippen molar-refractivity contribution in [2.24, 2.45) is 0 Å². The molecule has 0 saturated carbocycles. The number of methoxy groups -OCH3 is 1. The minimum atomic E-state index is -2.61. The highest BCUT2D eigenvalue weighted by molar-refractivity contribution is 6.73. The normalized spacial score (nSPS) is 34.1. The van der Waals surface area contributed by atoms with Gasteiger partial charge >= 0.3 is 8.56 Å². The fourth-order valence-corrected chi connectivity index (χ4v) is 8.29. The minimum absolute atomic E-state index is 0.119. The van der Waals surface area contributed by atoms with Crippen molar-refractivity contribution in [3.8, 4) is 0 Å². The Hall–Kier alpha value is -0.273. The van der Waals surface area contributed by atoms with E-state index in [0.29, 0.717) is 6.61 Å². The lowest BCUT2D eigenvalue weighted by Gasteiger charge is -2.52. The third-order valence-electron chi connectivity index (χ3n) is 4.08. The Bertz CT molecular complexity index is 381. The Kier molecular flexibility index (Phi) is 3.93. The second-order valence-electron chi connectivity index (χ2n) is 7.61. The lowest BCUT2D eigenvalue weighted by atomic mass is 10.2. The molecule has 5 nitrogen and oxygen atoms in total. The average molecular weight is 302 g/mol. The first-order valence-electron chi connectivity index (χ1n) is 7.07. The summed E-state index contributed by atoms with van der Waals surface area (Å²) in [6, 6.07) is 0. The molecule has 116 valence electrons. The number of hydrogen-bond acceptors (Lipinski definition) is 5. The first-order valence-corrected chi connectivity index (χ1v) is 8.89. The topological polar surface area (TPSA) is 54.0 Å². The average Bonchev–Trinajstić information content (AvgIpc) is 2.62. The SMILES string of the molecule is CO[C@@H]1O[C@@H]2CO[Si](C(C)(C)C)(C(C)(C)C)O[C@H]2C1=O. The smallest absolute Gasteiger partial charge is 0.350 e. The van der Waals surface area contributed by atoms with E-state index in [1.54, 1.807) is 0 Å². The fourth-order valence-electron chi connectivity index (χ4n) is 3.37. The Balaban J connectivity index is 2.34. The molecule has 20 heavy (non-hydrogen) atoms. The van der Waals surface area contributed by atoms with Gasteiger partial charge in [-0.05, 0) is 0 Å². The zero-order valence-electron chi connectivity index (χ0n) is 13.5. The van der Waals surface area contributed by atoms with Gasteiger partial charge in [0.05, 0.1) is 6.61 Å². The molecule has 0 radical (unpaired) electrons. The maximum atomic E-state index is 12.3. The molecule has 0 spiro atoms. The third-order valence-corrected chi connectivity index (χ3v) is 9.19. The predicted molar refractivity (Wildman–Crippen MR) is 76.7 cm³/mol. The summed E-state index contributed by atoms with van der Waals surface area (Å²) in [6.07, 6.45) is -1.73. The van der Waals surface area contributed by atoms with Gasteiger partial charge in [-0.1, -0.05) is 41.5 Å². The van der Waals surface area contributed by atoms with Crippen molar-refractivity contribution in [2.45, 2.75) is 70.1 Å². The molecular formula is C14H26O5Si. The number of fused-ring (bicyclic) bond motifs is 1. The maximum Gasteiger partial charge on any atom is 0.350 e. The minimum Gasteiger partial charge on any atom is -0.391 e. The molecular weight excluding hydrogens is 276 g/mol. The monoisotopic (exact) mass is 302 g/mol. The summed E-state index contributed by atoms with van der Waals surface area (Å²) in [5.74, 6) is -0.119. The highest BCUT2D eigenvalue weighted by atomic mass is 28.4. The van der Waals surface area contributed by atoms with Crippen LogP contribution >= 0.6 is 0 Å². The van der Waals surface area contributed by atoms with Crippen LogP contribution in [0.3, 0.4) is 0 Å². The van der Waals surface area contributed by atoms with Gasteiger partial charge in [0.25, 0.3) is 0 Å². The van der Waals surface area contributed by atoms with Crippen molar-refractivity contribution >= 4 is 14.3 Å².